The molecular weight excluding hydrogens is 558 g/mol. The minimum absolute atomic E-state index is 0.0281. The molecule has 0 fully saturated rings. The van der Waals surface area contributed by atoms with E-state index in [-0.39, 0.29) is 32.7 Å². The number of carbonyl (C=O) groups is 3. The molecule has 1 N–H and O–H groups in total. The summed E-state index contributed by atoms with van der Waals surface area (Å²) in [7, 11) is 0. The van der Waals surface area contributed by atoms with E-state index in [2.05, 4.69) is 15.0 Å². The van der Waals surface area contributed by atoms with Crippen LogP contribution in [0, 0.1) is 20.2 Å². The topological polar surface area (TPSA) is 196 Å². The average Bonchev–Trinajstić information content (AvgIpc) is 2.93. The zero-order valence-electron chi connectivity index (χ0n) is 22.8. The number of ether oxygens (including phenoxy) is 3. The Labute approximate surface area is 241 Å². The molecule has 0 radical (unpaired) electrons. The Morgan fingerprint density at radius 2 is 1.40 bits per heavy atom. The van der Waals surface area contributed by atoms with Crippen LogP contribution in [-0.4, -0.2) is 54.6 Å². The van der Waals surface area contributed by atoms with Crippen LogP contribution in [0.25, 0.3) is 0 Å². The first-order valence-electron chi connectivity index (χ1n) is 13.2. The van der Waals surface area contributed by atoms with E-state index in [1.165, 1.54) is 0 Å². The van der Waals surface area contributed by atoms with Gasteiger partial charge in [-0.1, -0.05) is 24.3 Å². The third kappa shape index (κ3) is 15.0. The zero-order chi connectivity index (χ0) is 30.6. The molecular formula is C27H33N3O12. The first kappa shape index (κ1) is 33.3. The van der Waals surface area contributed by atoms with Crippen LogP contribution < -0.4 is 14.8 Å². The van der Waals surface area contributed by atoms with Crippen molar-refractivity contribution in [3.8, 4) is 11.5 Å². The average molecular weight is 592 g/mol. The number of nitrogens with one attached hydrogen (secondary N) is 1. The molecule has 2 aromatic carbocycles. The Hall–Kier alpha value is -4.95. The van der Waals surface area contributed by atoms with Gasteiger partial charge in [0, 0.05) is 6.54 Å². The molecule has 15 nitrogen and oxygen atoms in total. The van der Waals surface area contributed by atoms with Crippen molar-refractivity contribution >= 4 is 18.5 Å². The van der Waals surface area contributed by atoms with Crippen LogP contribution in [0.3, 0.4) is 0 Å². The van der Waals surface area contributed by atoms with Gasteiger partial charge in [0.25, 0.3) is 16.6 Å². The highest BCUT2D eigenvalue weighted by Gasteiger charge is 2.17. The number of unbranched alkanes of at least 4 members (excludes halogenated alkanes) is 1. The highest BCUT2D eigenvalue weighted by Crippen LogP contribution is 2.18. The van der Waals surface area contributed by atoms with Gasteiger partial charge in [-0.3, -0.25) is 9.59 Å². The van der Waals surface area contributed by atoms with Gasteiger partial charge in [0.1, 0.15) is 17.6 Å². The van der Waals surface area contributed by atoms with Crippen LogP contribution in [0.5, 0.6) is 11.5 Å². The van der Waals surface area contributed by atoms with E-state index in [9.17, 15) is 34.6 Å². The van der Waals surface area contributed by atoms with Crippen molar-refractivity contribution in [2.45, 2.75) is 57.5 Å². The maximum absolute atomic E-state index is 12.4. The quantitative estimate of drug-likeness (QED) is 0.0552. The van der Waals surface area contributed by atoms with Gasteiger partial charge in [-0.2, -0.15) is 0 Å². The van der Waals surface area contributed by atoms with Crippen molar-refractivity contribution < 1.29 is 48.4 Å². The van der Waals surface area contributed by atoms with Crippen LogP contribution >= 0.6 is 0 Å². The lowest BCUT2D eigenvalue weighted by Gasteiger charge is -2.15. The molecule has 0 aliphatic rings. The maximum Gasteiger partial charge on any atom is 0.412 e. The minimum Gasteiger partial charge on any atom is -0.464 e. The smallest absolute Gasteiger partial charge is 0.412 e. The molecule has 42 heavy (non-hydrogen) atoms. The number of carbonyl (C=O) groups excluding carboxylic acids is 3. The predicted molar refractivity (Wildman–Crippen MR) is 144 cm³/mol. The molecule has 0 spiro atoms. The van der Waals surface area contributed by atoms with Gasteiger partial charge in [0.15, 0.2) is 0 Å². The molecule has 15 heteroatoms. The van der Waals surface area contributed by atoms with E-state index >= 15 is 0 Å². The van der Waals surface area contributed by atoms with Gasteiger partial charge in [-0.15, -0.1) is 20.2 Å². The SMILES string of the molecule is O=COC(CCCCNC(=O)Oc1cccc(CCCO[N+](=O)[O-])c1)CC(=O)Oc1cccc(CCCO[N+](=O)[O-])c1. The van der Waals surface area contributed by atoms with E-state index in [4.69, 9.17) is 14.2 Å². The minimum atomic E-state index is -0.852. The summed E-state index contributed by atoms with van der Waals surface area (Å²) in [4.78, 5) is 64.4. The fourth-order valence-electron chi connectivity index (χ4n) is 3.85. The predicted octanol–water partition coefficient (Wildman–Crippen LogP) is 3.76. The van der Waals surface area contributed by atoms with Crippen molar-refractivity contribution in [2.24, 2.45) is 0 Å². The second-order valence-corrected chi connectivity index (χ2v) is 8.96. The lowest BCUT2D eigenvalue weighted by molar-refractivity contribution is -0.757. The summed E-state index contributed by atoms with van der Waals surface area (Å²) >= 11 is 0. The Kier molecular flexibility index (Phi) is 15.2. The summed E-state index contributed by atoms with van der Waals surface area (Å²) in [6, 6.07) is 13.5. The molecule has 0 heterocycles. The van der Waals surface area contributed by atoms with Crippen molar-refractivity contribution in [1.82, 2.24) is 5.32 Å². The summed E-state index contributed by atoms with van der Waals surface area (Å²) in [5.41, 5.74) is 1.65. The second-order valence-electron chi connectivity index (χ2n) is 8.96. The van der Waals surface area contributed by atoms with Crippen molar-refractivity contribution in [3.05, 3.63) is 79.9 Å². The van der Waals surface area contributed by atoms with Crippen molar-refractivity contribution in [2.75, 3.05) is 19.8 Å². The molecule has 0 aliphatic carbocycles. The largest absolute Gasteiger partial charge is 0.464 e. The van der Waals surface area contributed by atoms with Crippen LogP contribution in [-0.2, 0) is 36.8 Å². The molecule has 1 unspecified atom stereocenters. The molecule has 0 bridgehead atoms. The first-order chi connectivity index (χ1) is 20.2. The Morgan fingerprint density at radius 3 is 1.95 bits per heavy atom. The van der Waals surface area contributed by atoms with E-state index in [1.54, 1.807) is 42.5 Å². The maximum atomic E-state index is 12.4. The van der Waals surface area contributed by atoms with Crippen LogP contribution in [0.15, 0.2) is 48.5 Å². The number of nitrogens with zero attached hydrogens (tertiary/aromatic N) is 2. The Balaban J connectivity index is 1.67. The van der Waals surface area contributed by atoms with Gasteiger partial charge in [-0.25, -0.2) is 4.79 Å². The molecule has 1 atom stereocenters. The summed E-state index contributed by atoms with van der Waals surface area (Å²) < 4.78 is 15.6. The van der Waals surface area contributed by atoms with Crippen LogP contribution in [0.1, 0.15) is 49.7 Å². The highest BCUT2D eigenvalue weighted by atomic mass is 17.0. The molecule has 0 saturated heterocycles. The van der Waals surface area contributed by atoms with Crippen molar-refractivity contribution in [3.63, 3.8) is 0 Å². The highest BCUT2D eigenvalue weighted by molar-refractivity contribution is 5.73. The zero-order valence-corrected chi connectivity index (χ0v) is 22.8. The fraction of sp³-hybridized carbons (Fsp3) is 0.444. The number of hydrogen-bond acceptors (Lipinski definition) is 12. The Morgan fingerprint density at radius 1 is 0.833 bits per heavy atom. The lowest BCUT2D eigenvalue weighted by atomic mass is 10.1. The summed E-state index contributed by atoms with van der Waals surface area (Å²) in [5.74, 6) is 0.0344. The van der Waals surface area contributed by atoms with E-state index in [0.717, 1.165) is 11.1 Å². The molecule has 2 rings (SSSR count). The third-order valence-corrected chi connectivity index (χ3v) is 5.72. The first-order valence-corrected chi connectivity index (χ1v) is 13.2. The van der Waals surface area contributed by atoms with E-state index in [1.807, 2.05) is 6.07 Å². The number of rotatable bonds is 21. The number of amides is 1. The van der Waals surface area contributed by atoms with Crippen molar-refractivity contribution in [1.29, 1.82) is 0 Å². The molecule has 0 aromatic heterocycles. The van der Waals surface area contributed by atoms with E-state index < -0.39 is 28.3 Å². The molecule has 1 amide bonds. The number of aryl methyl sites for hydroxylation is 2. The Bertz CT molecular complexity index is 1180. The number of hydrogen-bond donors (Lipinski definition) is 1. The van der Waals surface area contributed by atoms with Gasteiger partial charge >= 0.3 is 12.1 Å². The second kappa shape index (κ2) is 19.2. The van der Waals surface area contributed by atoms with Crippen LogP contribution in [0.2, 0.25) is 0 Å². The fourth-order valence-corrected chi connectivity index (χ4v) is 3.85. The molecule has 0 aliphatic heterocycles. The van der Waals surface area contributed by atoms with E-state index in [0.29, 0.717) is 56.4 Å². The molecule has 2 aromatic rings. The van der Waals surface area contributed by atoms with Gasteiger partial charge in [0.2, 0.25) is 0 Å². The summed E-state index contributed by atoms with van der Waals surface area (Å²) in [6.45, 7) is 0.485. The standard InChI is InChI=1S/C27H33N3O12/c31-20-38-23(19-26(32)41-24-12-3-7-21(17-24)9-5-15-39-29(34)35)11-1-2-14-28-27(33)42-25-13-4-8-22(18-25)10-6-16-40-30(36)37/h3-4,7-8,12-13,17-18,20,23H,1-2,5-6,9-11,14-16,19H2,(H,28,33). The summed E-state index contributed by atoms with van der Waals surface area (Å²) in [6.07, 6.45) is 1.77. The normalized spacial score (nSPS) is 11.0. The number of esters is 1. The lowest BCUT2D eigenvalue weighted by Crippen LogP contribution is -2.28. The molecule has 228 valence electrons. The monoisotopic (exact) mass is 591 g/mol. The third-order valence-electron chi connectivity index (χ3n) is 5.72. The van der Waals surface area contributed by atoms with Crippen LogP contribution in [0.4, 0.5) is 4.79 Å². The number of benzene rings is 2. The summed E-state index contributed by atoms with van der Waals surface area (Å²) in [5, 5.41) is 21.3. The molecule has 0 saturated carbocycles. The van der Waals surface area contributed by atoms with Gasteiger partial charge in [-0.05, 0) is 80.3 Å². The van der Waals surface area contributed by atoms with Gasteiger partial charge in [0.05, 0.1) is 19.6 Å². The van der Waals surface area contributed by atoms with Gasteiger partial charge < -0.3 is 29.2 Å².